The Balaban J connectivity index is 1.65. The minimum Gasteiger partial charge on any atom is -0.352 e. The van der Waals surface area contributed by atoms with E-state index in [1.807, 2.05) is 72.8 Å². The van der Waals surface area contributed by atoms with Gasteiger partial charge in [-0.2, -0.15) is 0 Å². The molecule has 2 amide bonds. The summed E-state index contributed by atoms with van der Waals surface area (Å²) in [6, 6.07) is 27.6. The normalized spacial score (nSPS) is 14.8. The summed E-state index contributed by atoms with van der Waals surface area (Å²) in [7, 11) is 0. The van der Waals surface area contributed by atoms with Crippen molar-refractivity contribution in [1.29, 1.82) is 0 Å². The van der Waals surface area contributed by atoms with Crippen LogP contribution in [-0.2, 0) is 29.0 Å². The number of amides is 2. The summed E-state index contributed by atoms with van der Waals surface area (Å²) in [6.07, 6.45) is 6.32. The molecule has 1 saturated carbocycles. The number of hydrogen-bond acceptors (Lipinski definition) is 2. The summed E-state index contributed by atoms with van der Waals surface area (Å²) >= 11 is 0. The molecule has 1 fully saturated rings. The van der Waals surface area contributed by atoms with E-state index in [0.29, 0.717) is 13.0 Å². The highest BCUT2D eigenvalue weighted by Gasteiger charge is 2.32. The molecule has 0 aromatic heterocycles. The number of carbonyl (C=O) groups excluding carboxylic acids is 2. The van der Waals surface area contributed by atoms with Crippen molar-refractivity contribution < 1.29 is 9.59 Å². The molecule has 0 saturated heterocycles. The van der Waals surface area contributed by atoms with Crippen LogP contribution in [0, 0.1) is 6.92 Å². The lowest BCUT2D eigenvalue weighted by molar-refractivity contribution is -0.141. The fraction of sp³-hybridized carbons (Fsp3) is 0.355. The maximum absolute atomic E-state index is 13.8. The van der Waals surface area contributed by atoms with Crippen molar-refractivity contribution in [1.82, 2.24) is 10.2 Å². The fourth-order valence-electron chi connectivity index (χ4n) is 4.94. The van der Waals surface area contributed by atoms with Crippen LogP contribution in [-0.4, -0.2) is 28.8 Å². The van der Waals surface area contributed by atoms with E-state index < -0.39 is 6.04 Å². The van der Waals surface area contributed by atoms with Crippen molar-refractivity contribution in [3.63, 3.8) is 0 Å². The second-order valence-corrected chi connectivity index (χ2v) is 9.66. The lowest BCUT2D eigenvalue weighted by atomic mass is 9.94. The Bertz CT molecular complexity index is 1090. The smallest absolute Gasteiger partial charge is 0.243 e. The van der Waals surface area contributed by atoms with Gasteiger partial charge in [0.05, 0.1) is 6.42 Å². The van der Waals surface area contributed by atoms with Crippen molar-refractivity contribution in [2.75, 3.05) is 0 Å². The van der Waals surface area contributed by atoms with Crippen LogP contribution in [0.5, 0.6) is 0 Å². The number of nitrogens with one attached hydrogen (secondary N) is 1. The predicted molar refractivity (Wildman–Crippen MR) is 141 cm³/mol. The minimum atomic E-state index is -0.574. The first-order chi connectivity index (χ1) is 17.1. The zero-order valence-corrected chi connectivity index (χ0v) is 20.7. The quantitative estimate of drug-likeness (QED) is 0.443. The summed E-state index contributed by atoms with van der Waals surface area (Å²) in [5.41, 5.74) is 4.20. The Morgan fingerprint density at radius 3 is 2.09 bits per heavy atom. The summed E-state index contributed by atoms with van der Waals surface area (Å²) in [6.45, 7) is 2.47. The van der Waals surface area contributed by atoms with E-state index in [-0.39, 0.29) is 24.3 Å². The number of rotatable bonds is 9. The van der Waals surface area contributed by atoms with E-state index in [4.69, 9.17) is 0 Å². The Hall–Kier alpha value is -3.40. The molecule has 182 valence electrons. The van der Waals surface area contributed by atoms with Gasteiger partial charge in [0.25, 0.3) is 0 Å². The number of hydrogen-bond donors (Lipinski definition) is 1. The third kappa shape index (κ3) is 7.05. The monoisotopic (exact) mass is 468 g/mol. The SMILES string of the molecule is Cc1ccccc1CN(C(=O)Cc1ccccc1)[C@@H](Cc1ccccc1)C(=O)NC1CCCCC1. The molecule has 4 heteroatoms. The molecule has 0 heterocycles. The molecule has 35 heavy (non-hydrogen) atoms. The molecule has 1 N–H and O–H groups in total. The number of carbonyl (C=O) groups is 2. The molecule has 3 aromatic rings. The molecule has 0 aliphatic heterocycles. The van der Waals surface area contributed by atoms with Crippen molar-refractivity contribution in [3.05, 3.63) is 107 Å². The molecule has 0 unspecified atom stereocenters. The van der Waals surface area contributed by atoms with E-state index in [2.05, 4.69) is 24.4 Å². The lowest BCUT2D eigenvalue weighted by Gasteiger charge is -2.34. The van der Waals surface area contributed by atoms with Gasteiger partial charge in [-0.25, -0.2) is 0 Å². The molecular formula is C31H36N2O2. The second-order valence-electron chi connectivity index (χ2n) is 9.66. The maximum atomic E-state index is 13.8. The van der Waals surface area contributed by atoms with Crippen LogP contribution in [0.25, 0.3) is 0 Å². The summed E-state index contributed by atoms with van der Waals surface area (Å²) < 4.78 is 0. The van der Waals surface area contributed by atoms with Gasteiger partial charge in [0.1, 0.15) is 6.04 Å². The number of benzene rings is 3. The van der Waals surface area contributed by atoms with Gasteiger partial charge in [-0.05, 0) is 42.0 Å². The third-order valence-corrected chi connectivity index (χ3v) is 7.02. The van der Waals surface area contributed by atoms with Crippen LogP contribution in [0.4, 0.5) is 0 Å². The van der Waals surface area contributed by atoms with Gasteiger partial charge in [-0.15, -0.1) is 0 Å². The minimum absolute atomic E-state index is 0.0285. The Kier molecular flexibility index (Phi) is 8.72. The Labute approximate surface area is 209 Å². The van der Waals surface area contributed by atoms with Gasteiger partial charge in [0.15, 0.2) is 0 Å². The lowest BCUT2D eigenvalue weighted by Crippen LogP contribution is -2.53. The molecule has 1 aliphatic carbocycles. The van der Waals surface area contributed by atoms with E-state index in [1.165, 1.54) is 6.42 Å². The Morgan fingerprint density at radius 2 is 1.43 bits per heavy atom. The largest absolute Gasteiger partial charge is 0.352 e. The molecule has 0 bridgehead atoms. The summed E-state index contributed by atoms with van der Waals surface area (Å²) in [5, 5.41) is 3.31. The summed E-state index contributed by atoms with van der Waals surface area (Å²) in [5.74, 6) is -0.0741. The molecule has 4 nitrogen and oxygen atoms in total. The maximum Gasteiger partial charge on any atom is 0.243 e. The molecule has 4 rings (SSSR count). The topological polar surface area (TPSA) is 49.4 Å². The van der Waals surface area contributed by atoms with Crippen molar-refractivity contribution in [2.45, 2.75) is 70.5 Å². The van der Waals surface area contributed by atoms with Gasteiger partial charge in [-0.1, -0.05) is 104 Å². The van der Waals surface area contributed by atoms with Crippen LogP contribution in [0.3, 0.4) is 0 Å². The zero-order chi connectivity index (χ0) is 24.5. The van der Waals surface area contributed by atoms with Crippen LogP contribution in [0.2, 0.25) is 0 Å². The Morgan fingerprint density at radius 1 is 0.829 bits per heavy atom. The highest BCUT2D eigenvalue weighted by Crippen LogP contribution is 2.21. The first-order valence-corrected chi connectivity index (χ1v) is 12.8. The van der Waals surface area contributed by atoms with Gasteiger partial charge >= 0.3 is 0 Å². The molecule has 1 aliphatic rings. The van der Waals surface area contributed by atoms with Gasteiger partial charge in [-0.3, -0.25) is 9.59 Å². The first kappa shape index (κ1) is 24.7. The summed E-state index contributed by atoms with van der Waals surface area (Å²) in [4.78, 5) is 29.4. The van der Waals surface area contributed by atoms with Crippen molar-refractivity contribution in [3.8, 4) is 0 Å². The molecule has 3 aromatic carbocycles. The average molecular weight is 469 g/mol. The van der Waals surface area contributed by atoms with E-state index in [1.54, 1.807) is 4.90 Å². The van der Waals surface area contributed by atoms with Crippen LogP contribution in [0.15, 0.2) is 84.9 Å². The standard InChI is InChI=1S/C31H36N2O2/c1-24-13-11-12-18-27(24)23-33(30(34)22-26-16-7-3-8-17-26)29(21-25-14-5-2-6-15-25)31(35)32-28-19-9-4-10-20-28/h2-3,5-8,11-18,28-29H,4,9-10,19-23H2,1H3,(H,32,35)/t29-/m0/s1. The van der Waals surface area contributed by atoms with Crippen LogP contribution >= 0.6 is 0 Å². The fourth-order valence-corrected chi connectivity index (χ4v) is 4.94. The van der Waals surface area contributed by atoms with Gasteiger partial charge < -0.3 is 10.2 Å². The molecule has 0 spiro atoms. The van der Waals surface area contributed by atoms with E-state index >= 15 is 0 Å². The van der Waals surface area contributed by atoms with Crippen LogP contribution < -0.4 is 5.32 Å². The molecular weight excluding hydrogens is 432 g/mol. The van der Waals surface area contributed by atoms with Crippen molar-refractivity contribution in [2.24, 2.45) is 0 Å². The van der Waals surface area contributed by atoms with Crippen LogP contribution in [0.1, 0.15) is 54.4 Å². The zero-order valence-electron chi connectivity index (χ0n) is 20.7. The van der Waals surface area contributed by atoms with E-state index in [9.17, 15) is 9.59 Å². The average Bonchev–Trinajstić information content (AvgIpc) is 2.89. The van der Waals surface area contributed by atoms with Gasteiger partial charge in [0, 0.05) is 19.0 Å². The molecule has 1 atom stereocenters. The van der Waals surface area contributed by atoms with Crippen molar-refractivity contribution >= 4 is 11.8 Å². The predicted octanol–water partition coefficient (Wildman–Crippen LogP) is 5.63. The number of aryl methyl sites for hydroxylation is 1. The first-order valence-electron chi connectivity index (χ1n) is 12.8. The third-order valence-electron chi connectivity index (χ3n) is 7.02. The van der Waals surface area contributed by atoms with E-state index in [0.717, 1.165) is 47.9 Å². The second kappa shape index (κ2) is 12.3. The highest BCUT2D eigenvalue weighted by molar-refractivity contribution is 5.89. The highest BCUT2D eigenvalue weighted by atomic mass is 16.2. The number of nitrogens with zero attached hydrogens (tertiary/aromatic N) is 1. The molecule has 0 radical (unpaired) electrons. The van der Waals surface area contributed by atoms with Gasteiger partial charge in [0.2, 0.25) is 11.8 Å².